The number of amides is 1. The first-order valence-electron chi connectivity index (χ1n) is 8.82. The van der Waals surface area contributed by atoms with Gasteiger partial charge >= 0.3 is 6.18 Å². The van der Waals surface area contributed by atoms with Gasteiger partial charge < -0.3 is 10.1 Å². The molecule has 0 aliphatic carbocycles. The predicted octanol–water partition coefficient (Wildman–Crippen LogP) is 4.50. The molecule has 1 aromatic carbocycles. The van der Waals surface area contributed by atoms with Crippen LogP contribution in [0.2, 0.25) is 0 Å². The van der Waals surface area contributed by atoms with Gasteiger partial charge in [0.25, 0.3) is 17.9 Å². The van der Waals surface area contributed by atoms with Crippen molar-refractivity contribution in [3.8, 4) is 11.4 Å². The normalized spacial score (nSPS) is 11.5. The van der Waals surface area contributed by atoms with E-state index < -0.39 is 53.5 Å². The van der Waals surface area contributed by atoms with Gasteiger partial charge in [-0.3, -0.25) is 19.1 Å². The monoisotopic (exact) mass is 457 g/mol. The minimum atomic E-state index is -4.70. The van der Waals surface area contributed by atoms with Gasteiger partial charge in [0.05, 0.1) is 17.6 Å². The van der Waals surface area contributed by atoms with Crippen LogP contribution in [0.3, 0.4) is 0 Å². The van der Waals surface area contributed by atoms with E-state index in [1.54, 1.807) is 0 Å². The molecule has 3 aromatic rings. The van der Waals surface area contributed by atoms with E-state index in [-0.39, 0.29) is 11.4 Å². The van der Waals surface area contributed by atoms with Crippen molar-refractivity contribution in [3.63, 3.8) is 0 Å². The zero-order valence-corrected chi connectivity index (χ0v) is 15.9. The SMILES string of the molecule is O=C(Nc1ccc(C(F)F)nc1)c1cccn(-c2ccc(F)cc2OCC(F)(F)F)c1=O. The molecule has 2 heterocycles. The van der Waals surface area contributed by atoms with Crippen LogP contribution in [0.5, 0.6) is 5.75 Å². The maximum absolute atomic E-state index is 13.5. The van der Waals surface area contributed by atoms with Gasteiger partial charge in [-0.05, 0) is 36.4 Å². The van der Waals surface area contributed by atoms with Crippen molar-refractivity contribution in [2.45, 2.75) is 12.6 Å². The molecule has 1 amide bonds. The number of rotatable bonds is 6. The van der Waals surface area contributed by atoms with Crippen molar-refractivity contribution < 1.29 is 35.9 Å². The molecule has 1 N–H and O–H groups in total. The molecular weight excluding hydrogens is 444 g/mol. The Labute approximate surface area is 176 Å². The fraction of sp³-hybridized carbons (Fsp3) is 0.150. The number of aromatic nitrogens is 2. The Hall–Kier alpha value is -3.83. The maximum atomic E-state index is 13.5. The Kier molecular flexibility index (Phi) is 6.51. The van der Waals surface area contributed by atoms with Crippen LogP contribution in [0.25, 0.3) is 5.69 Å². The zero-order valence-electron chi connectivity index (χ0n) is 15.9. The van der Waals surface area contributed by atoms with Crippen LogP contribution in [0.15, 0.2) is 59.7 Å². The number of hydrogen-bond donors (Lipinski definition) is 1. The molecule has 3 rings (SSSR count). The van der Waals surface area contributed by atoms with Crippen LogP contribution in [-0.2, 0) is 0 Å². The first-order chi connectivity index (χ1) is 15.0. The summed E-state index contributed by atoms with van der Waals surface area (Å²) in [6, 6.07) is 7.18. The largest absolute Gasteiger partial charge is 0.482 e. The summed E-state index contributed by atoms with van der Waals surface area (Å²) in [6.45, 7) is -1.72. The Morgan fingerprint density at radius 2 is 1.91 bits per heavy atom. The number of pyridine rings is 2. The van der Waals surface area contributed by atoms with Crippen molar-refractivity contribution in [2.75, 3.05) is 11.9 Å². The number of halogens is 6. The standard InChI is InChI=1S/C20H13F6N3O3/c21-11-3-6-15(16(8-11)32-10-20(24,25)26)29-7-1-2-13(19(29)31)18(30)28-12-4-5-14(17(22)23)27-9-12/h1-9,17H,10H2,(H,28,30). The predicted molar refractivity (Wildman–Crippen MR) is 101 cm³/mol. The highest BCUT2D eigenvalue weighted by atomic mass is 19.4. The molecule has 0 bridgehead atoms. The second kappa shape index (κ2) is 9.12. The maximum Gasteiger partial charge on any atom is 0.422 e. The first kappa shape index (κ1) is 22.8. The average Bonchev–Trinajstić information content (AvgIpc) is 2.72. The van der Waals surface area contributed by atoms with Crippen LogP contribution in [0.4, 0.5) is 32.0 Å². The van der Waals surface area contributed by atoms with Crippen LogP contribution in [0, 0.1) is 5.82 Å². The van der Waals surface area contributed by atoms with Crippen LogP contribution in [-0.4, -0.2) is 28.2 Å². The van der Waals surface area contributed by atoms with Crippen molar-refractivity contribution >= 4 is 11.6 Å². The molecule has 0 spiro atoms. The molecule has 12 heteroatoms. The second-order valence-corrected chi connectivity index (χ2v) is 6.34. The van der Waals surface area contributed by atoms with Gasteiger partial charge in [0.1, 0.15) is 22.8 Å². The van der Waals surface area contributed by atoms with Crippen LogP contribution in [0.1, 0.15) is 22.5 Å². The summed E-state index contributed by atoms with van der Waals surface area (Å²) in [6.07, 6.45) is -5.37. The lowest BCUT2D eigenvalue weighted by atomic mass is 10.2. The van der Waals surface area contributed by atoms with E-state index in [0.29, 0.717) is 6.07 Å². The van der Waals surface area contributed by atoms with E-state index >= 15 is 0 Å². The van der Waals surface area contributed by atoms with Crippen molar-refractivity contribution in [2.24, 2.45) is 0 Å². The van der Waals surface area contributed by atoms with E-state index in [0.717, 1.165) is 47.3 Å². The highest BCUT2D eigenvalue weighted by molar-refractivity contribution is 6.03. The smallest absolute Gasteiger partial charge is 0.422 e. The topological polar surface area (TPSA) is 73.2 Å². The van der Waals surface area contributed by atoms with E-state index in [9.17, 15) is 35.9 Å². The van der Waals surface area contributed by atoms with E-state index in [4.69, 9.17) is 0 Å². The van der Waals surface area contributed by atoms with Gasteiger partial charge in [0, 0.05) is 12.3 Å². The molecular formula is C20H13F6N3O3. The average molecular weight is 457 g/mol. The number of alkyl halides is 5. The van der Waals surface area contributed by atoms with Crippen molar-refractivity contribution in [3.05, 3.63) is 82.3 Å². The molecule has 0 saturated heterocycles. The number of nitrogens with zero attached hydrogens (tertiary/aromatic N) is 2. The third-order valence-corrected chi connectivity index (χ3v) is 4.03. The van der Waals surface area contributed by atoms with Gasteiger partial charge in [-0.25, -0.2) is 13.2 Å². The van der Waals surface area contributed by atoms with Gasteiger partial charge in [0.2, 0.25) is 0 Å². The van der Waals surface area contributed by atoms with E-state index in [1.165, 1.54) is 6.07 Å². The highest BCUT2D eigenvalue weighted by Gasteiger charge is 2.29. The summed E-state index contributed by atoms with van der Waals surface area (Å²) in [5, 5.41) is 2.31. The number of carbonyl (C=O) groups excluding carboxylic acids is 1. The lowest BCUT2D eigenvalue weighted by Crippen LogP contribution is -2.28. The van der Waals surface area contributed by atoms with Gasteiger partial charge in [-0.1, -0.05) is 0 Å². The quantitative estimate of drug-likeness (QED) is 0.554. The number of carbonyl (C=O) groups is 1. The highest BCUT2D eigenvalue weighted by Crippen LogP contribution is 2.26. The molecule has 0 radical (unpaired) electrons. The summed E-state index contributed by atoms with van der Waals surface area (Å²) in [5.74, 6) is -2.38. The van der Waals surface area contributed by atoms with E-state index in [1.807, 2.05) is 0 Å². The molecule has 0 saturated carbocycles. The zero-order chi connectivity index (χ0) is 23.5. The Bertz CT molecular complexity index is 1180. The number of ether oxygens (including phenoxy) is 1. The number of benzene rings is 1. The minimum absolute atomic E-state index is 0.0326. The molecule has 0 aliphatic rings. The molecule has 0 aliphatic heterocycles. The van der Waals surface area contributed by atoms with Crippen molar-refractivity contribution in [1.82, 2.24) is 9.55 Å². The first-order valence-corrected chi connectivity index (χ1v) is 8.82. The Morgan fingerprint density at radius 3 is 2.53 bits per heavy atom. The Balaban J connectivity index is 1.92. The molecule has 6 nitrogen and oxygen atoms in total. The molecule has 0 unspecified atom stereocenters. The van der Waals surface area contributed by atoms with Gasteiger partial charge in [0.15, 0.2) is 6.61 Å². The summed E-state index contributed by atoms with van der Waals surface area (Å²) in [7, 11) is 0. The summed E-state index contributed by atoms with van der Waals surface area (Å²) in [5.41, 5.74) is -2.06. The van der Waals surface area contributed by atoms with Gasteiger partial charge in [-0.2, -0.15) is 13.2 Å². The summed E-state index contributed by atoms with van der Waals surface area (Å²) < 4.78 is 81.7. The lowest BCUT2D eigenvalue weighted by Gasteiger charge is -2.15. The summed E-state index contributed by atoms with van der Waals surface area (Å²) >= 11 is 0. The fourth-order valence-corrected chi connectivity index (χ4v) is 2.63. The third-order valence-electron chi connectivity index (χ3n) is 4.03. The second-order valence-electron chi connectivity index (χ2n) is 6.34. The fourth-order valence-electron chi connectivity index (χ4n) is 2.63. The molecule has 2 aromatic heterocycles. The van der Waals surface area contributed by atoms with Crippen LogP contribution < -0.4 is 15.6 Å². The van der Waals surface area contributed by atoms with Crippen molar-refractivity contribution in [1.29, 1.82) is 0 Å². The number of nitrogens with one attached hydrogen (secondary N) is 1. The molecule has 0 fully saturated rings. The van der Waals surface area contributed by atoms with Gasteiger partial charge in [-0.15, -0.1) is 0 Å². The molecule has 32 heavy (non-hydrogen) atoms. The van der Waals surface area contributed by atoms with E-state index in [2.05, 4.69) is 15.0 Å². The number of anilines is 1. The van der Waals surface area contributed by atoms with Crippen LogP contribution >= 0.6 is 0 Å². The molecule has 168 valence electrons. The minimum Gasteiger partial charge on any atom is -0.482 e. The lowest BCUT2D eigenvalue weighted by molar-refractivity contribution is -0.153. The molecule has 0 atom stereocenters. The number of hydrogen-bond acceptors (Lipinski definition) is 4. The summed E-state index contributed by atoms with van der Waals surface area (Å²) in [4.78, 5) is 28.8. The Morgan fingerprint density at radius 1 is 1.16 bits per heavy atom. The third kappa shape index (κ3) is 5.45.